The van der Waals surface area contributed by atoms with Crippen molar-refractivity contribution >= 4 is 19.7 Å². The van der Waals surface area contributed by atoms with Crippen LogP contribution in [0.2, 0.25) is 0 Å². The third kappa shape index (κ3) is 2.55. The molecule has 0 aliphatic heterocycles. The smallest absolute Gasteiger partial charge is 0.296 e. The van der Waals surface area contributed by atoms with Crippen molar-refractivity contribution in [1.82, 2.24) is 14.8 Å². The first kappa shape index (κ1) is 13.5. The minimum absolute atomic E-state index is 0.0373. The highest BCUT2D eigenvalue weighted by Crippen LogP contribution is 2.38. The van der Waals surface area contributed by atoms with E-state index in [2.05, 4.69) is 10.2 Å². The summed E-state index contributed by atoms with van der Waals surface area (Å²) in [5, 5.41) is 7.25. The number of benzene rings is 1. The second-order valence-corrected chi connectivity index (χ2v) is 7.17. The Labute approximate surface area is 119 Å². The average molecular weight is 316 g/mol. The van der Waals surface area contributed by atoms with Crippen LogP contribution in [0, 0.1) is 5.82 Å². The molecule has 0 bridgehead atoms. The van der Waals surface area contributed by atoms with Crippen LogP contribution in [0.5, 0.6) is 0 Å². The molecule has 8 heteroatoms. The van der Waals surface area contributed by atoms with Crippen LogP contribution in [0.4, 0.5) is 4.39 Å². The van der Waals surface area contributed by atoms with Gasteiger partial charge in [-0.1, -0.05) is 18.2 Å². The molecule has 0 atom stereocenters. The lowest BCUT2D eigenvalue weighted by Gasteiger charge is -2.07. The first-order valence-corrected chi connectivity index (χ1v) is 8.39. The normalized spacial score (nSPS) is 15.5. The summed E-state index contributed by atoms with van der Waals surface area (Å²) in [6.45, 7) is 0. The van der Waals surface area contributed by atoms with Gasteiger partial charge in [0.2, 0.25) is 0 Å². The van der Waals surface area contributed by atoms with Crippen LogP contribution < -0.4 is 0 Å². The summed E-state index contributed by atoms with van der Waals surface area (Å²) >= 11 is 0. The van der Waals surface area contributed by atoms with Crippen molar-refractivity contribution in [2.45, 2.75) is 30.5 Å². The van der Waals surface area contributed by atoms with Crippen LogP contribution in [0.15, 0.2) is 29.4 Å². The van der Waals surface area contributed by atoms with E-state index in [1.807, 2.05) is 0 Å². The molecule has 106 valence electrons. The van der Waals surface area contributed by atoms with Crippen LogP contribution in [-0.4, -0.2) is 23.2 Å². The fourth-order valence-corrected chi connectivity index (χ4v) is 3.05. The van der Waals surface area contributed by atoms with Gasteiger partial charge in [0.15, 0.2) is 0 Å². The van der Waals surface area contributed by atoms with E-state index in [-0.39, 0.29) is 23.4 Å². The van der Waals surface area contributed by atoms with Crippen LogP contribution in [-0.2, 0) is 15.5 Å². The van der Waals surface area contributed by atoms with Crippen LogP contribution in [0.25, 0.3) is 0 Å². The van der Waals surface area contributed by atoms with Gasteiger partial charge < -0.3 is 0 Å². The van der Waals surface area contributed by atoms with Crippen LogP contribution in [0.1, 0.15) is 30.3 Å². The number of halogens is 2. The number of rotatable bonds is 4. The lowest BCUT2D eigenvalue weighted by atomic mass is 10.1. The van der Waals surface area contributed by atoms with Gasteiger partial charge >= 0.3 is 0 Å². The predicted octanol–water partition coefficient (Wildman–Crippen LogP) is 2.27. The highest BCUT2D eigenvalue weighted by Gasteiger charge is 2.33. The van der Waals surface area contributed by atoms with E-state index >= 15 is 0 Å². The van der Waals surface area contributed by atoms with Gasteiger partial charge in [0.05, 0.1) is 0 Å². The van der Waals surface area contributed by atoms with Crippen molar-refractivity contribution in [3.05, 3.63) is 41.5 Å². The Hall–Kier alpha value is -1.47. The molecular formula is C12H11ClFN3O2S. The van der Waals surface area contributed by atoms with Gasteiger partial charge in [0.1, 0.15) is 11.6 Å². The molecular weight excluding hydrogens is 305 g/mol. The zero-order valence-electron chi connectivity index (χ0n) is 10.3. The van der Waals surface area contributed by atoms with Crippen molar-refractivity contribution in [2.24, 2.45) is 0 Å². The SMILES string of the molecule is O=S(=O)(Cl)c1nnc(Cc2ccccc2F)n1C1CC1. The Morgan fingerprint density at radius 3 is 2.60 bits per heavy atom. The zero-order valence-corrected chi connectivity index (χ0v) is 11.9. The molecule has 0 radical (unpaired) electrons. The fraction of sp³-hybridized carbons (Fsp3) is 0.333. The van der Waals surface area contributed by atoms with E-state index in [4.69, 9.17) is 10.7 Å². The Bertz CT molecular complexity index is 756. The molecule has 1 aliphatic rings. The number of hydrogen-bond donors (Lipinski definition) is 0. The van der Waals surface area contributed by atoms with Gasteiger partial charge in [-0.2, -0.15) is 0 Å². The first-order valence-electron chi connectivity index (χ1n) is 6.08. The molecule has 1 aliphatic carbocycles. The maximum Gasteiger partial charge on any atom is 0.296 e. The summed E-state index contributed by atoms with van der Waals surface area (Å²) in [6.07, 6.45) is 1.88. The quantitative estimate of drug-likeness (QED) is 0.812. The van der Waals surface area contributed by atoms with E-state index in [0.29, 0.717) is 11.4 Å². The summed E-state index contributed by atoms with van der Waals surface area (Å²) < 4.78 is 38.1. The van der Waals surface area contributed by atoms with Crippen molar-refractivity contribution in [1.29, 1.82) is 0 Å². The summed E-state index contributed by atoms with van der Waals surface area (Å²) in [7, 11) is 1.41. The number of aromatic nitrogens is 3. The Balaban J connectivity index is 2.03. The molecule has 2 aromatic rings. The van der Waals surface area contributed by atoms with E-state index in [0.717, 1.165) is 12.8 Å². The lowest BCUT2D eigenvalue weighted by Crippen LogP contribution is -2.09. The maximum absolute atomic E-state index is 13.7. The molecule has 0 N–H and O–H groups in total. The Morgan fingerprint density at radius 1 is 1.30 bits per heavy atom. The molecule has 20 heavy (non-hydrogen) atoms. The molecule has 0 saturated heterocycles. The van der Waals surface area contributed by atoms with Crippen molar-refractivity contribution in [2.75, 3.05) is 0 Å². The fourth-order valence-electron chi connectivity index (χ4n) is 2.11. The molecule has 1 aromatic carbocycles. The van der Waals surface area contributed by atoms with Crippen LogP contribution in [0.3, 0.4) is 0 Å². The highest BCUT2D eigenvalue weighted by molar-refractivity contribution is 8.13. The maximum atomic E-state index is 13.7. The number of hydrogen-bond acceptors (Lipinski definition) is 4. The molecule has 1 saturated carbocycles. The first-order chi connectivity index (χ1) is 9.47. The van der Waals surface area contributed by atoms with Crippen molar-refractivity contribution < 1.29 is 12.8 Å². The topological polar surface area (TPSA) is 64.8 Å². The van der Waals surface area contributed by atoms with Crippen LogP contribution >= 0.6 is 10.7 Å². The molecule has 1 aromatic heterocycles. The molecule has 0 spiro atoms. The molecule has 0 amide bonds. The Morgan fingerprint density at radius 2 is 2.00 bits per heavy atom. The van der Waals surface area contributed by atoms with Gasteiger partial charge in [0.25, 0.3) is 14.2 Å². The highest BCUT2D eigenvalue weighted by atomic mass is 35.7. The van der Waals surface area contributed by atoms with Gasteiger partial charge in [-0.25, -0.2) is 12.8 Å². The second kappa shape index (κ2) is 4.82. The predicted molar refractivity (Wildman–Crippen MR) is 70.5 cm³/mol. The monoisotopic (exact) mass is 315 g/mol. The number of nitrogens with zero attached hydrogens (tertiary/aromatic N) is 3. The second-order valence-electron chi connectivity index (χ2n) is 4.71. The van der Waals surface area contributed by atoms with Gasteiger partial charge in [-0.05, 0) is 24.5 Å². The molecule has 5 nitrogen and oxygen atoms in total. The van der Waals surface area contributed by atoms with Gasteiger partial charge in [-0.15, -0.1) is 10.2 Å². The molecule has 1 fully saturated rings. The summed E-state index contributed by atoms with van der Waals surface area (Å²) in [6, 6.07) is 6.34. The third-order valence-corrected chi connectivity index (χ3v) is 4.30. The van der Waals surface area contributed by atoms with Gasteiger partial charge in [-0.3, -0.25) is 4.57 Å². The zero-order chi connectivity index (χ0) is 14.3. The summed E-state index contributed by atoms with van der Waals surface area (Å²) in [5.74, 6) is 0.0601. The van der Waals surface area contributed by atoms with E-state index in [1.54, 1.807) is 18.2 Å². The average Bonchev–Trinajstić information content (AvgIpc) is 3.12. The summed E-state index contributed by atoms with van der Waals surface area (Å²) in [5.41, 5.74) is 0.445. The van der Waals surface area contributed by atoms with Gasteiger partial charge in [0, 0.05) is 23.1 Å². The van der Waals surface area contributed by atoms with E-state index in [1.165, 1.54) is 10.6 Å². The minimum atomic E-state index is -3.95. The molecule has 0 unspecified atom stereocenters. The molecule has 1 heterocycles. The molecule has 3 rings (SSSR count). The largest absolute Gasteiger partial charge is 0.297 e. The lowest BCUT2D eigenvalue weighted by molar-refractivity contribution is 0.568. The van der Waals surface area contributed by atoms with E-state index in [9.17, 15) is 12.8 Å². The minimum Gasteiger partial charge on any atom is -0.297 e. The van der Waals surface area contributed by atoms with Crippen molar-refractivity contribution in [3.63, 3.8) is 0 Å². The Kier molecular flexibility index (Phi) is 3.25. The summed E-state index contributed by atoms with van der Waals surface area (Å²) in [4.78, 5) is 0. The third-order valence-electron chi connectivity index (χ3n) is 3.17. The standard InChI is InChI=1S/C12H11ClFN3O2S/c13-20(18,19)12-16-15-11(17(12)9-5-6-9)7-8-3-1-2-4-10(8)14/h1-4,9H,5-7H2. The van der Waals surface area contributed by atoms with Crippen molar-refractivity contribution in [3.8, 4) is 0 Å². The van der Waals surface area contributed by atoms with E-state index < -0.39 is 9.05 Å².